The molecule has 0 aliphatic carbocycles. The minimum Gasteiger partial charge on any atom is -0.772 e. The summed E-state index contributed by atoms with van der Waals surface area (Å²) in [5.74, 6) is 0.0981. The molecule has 0 saturated heterocycles. The molecule has 1 N–H and O–H groups in total. The summed E-state index contributed by atoms with van der Waals surface area (Å²) in [5, 5.41) is 3.26. The van der Waals surface area contributed by atoms with E-state index >= 15 is 0 Å². The van der Waals surface area contributed by atoms with Gasteiger partial charge in [0.1, 0.15) is 0 Å². The minimum atomic E-state index is -2.00. The Balaban J connectivity index is 0.00000144. The smallest absolute Gasteiger partial charge is 0.0353 e. The summed E-state index contributed by atoms with van der Waals surface area (Å²) < 4.78 is 21.1. The van der Waals surface area contributed by atoms with E-state index in [0.717, 1.165) is 25.1 Å². The van der Waals surface area contributed by atoms with Crippen molar-refractivity contribution in [1.29, 1.82) is 0 Å². The largest absolute Gasteiger partial charge is 0.772 e. The lowest BCUT2D eigenvalue weighted by atomic mass is 9.99. The van der Waals surface area contributed by atoms with Crippen molar-refractivity contribution in [3.63, 3.8) is 0 Å². The highest BCUT2D eigenvalue weighted by atomic mass is 35.5. The van der Waals surface area contributed by atoms with Gasteiger partial charge in [0.2, 0.25) is 0 Å². The second kappa shape index (κ2) is 6.91. The van der Waals surface area contributed by atoms with Gasteiger partial charge in [0.15, 0.2) is 0 Å². The molecular weight excluding hydrogens is 258 g/mol. The monoisotopic (exact) mass is 272 g/mol. The molecule has 0 saturated carbocycles. The number of benzene rings is 1. The lowest BCUT2D eigenvalue weighted by Gasteiger charge is -2.14. The van der Waals surface area contributed by atoms with Crippen LogP contribution >= 0.6 is 12.4 Å². The van der Waals surface area contributed by atoms with Crippen molar-refractivity contribution in [3.8, 4) is 0 Å². The third-order valence-electron chi connectivity index (χ3n) is 2.67. The maximum Gasteiger partial charge on any atom is 0.0353 e. The van der Waals surface area contributed by atoms with Crippen LogP contribution in [0.2, 0.25) is 0 Å². The molecule has 1 aliphatic heterocycles. The number of halogens is 1. The van der Waals surface area contributed by atoms with Crippen molar-refractivity contribution in [2.45, 2.75) is 12.2 Å². The van der Waals surface area contributed by atoms with E-state index in [2.05, 4.69) is 11.4 Å². The molecule has 1 aromatic carbocycles. The average molecular weight is 273 g/mol. The molecule has 94 valence electrons. The summed E-state index contributed by atoms with van der Waals surface area (Å²) in [6, 6.07) is 7.76. The van der Waals surface area contributed by atoms with Gasteiger partial charge >= 0.3 is 0 Å². The first kappa shape index (κ1) is 14.4. The molecule has 1 unspecified atom stereocenters. The SMILES string of the molecule is Cl.O=S([O-])Cc1ccc(C2=CCNCC2)cc1. The van der Waals surface area contributed by atoms with Gasteiger partial charge in [-0.15, -0.1) is 12.4 Å². The molecule has 5 heteroatoms. The first-order valence-corrected chi connectivity index (χ1v) is 6.55. The molecule has 0 spiro atoms. The summed E-state index contributed by atoms with van der Waals surface area (Å²) in [4.78, 5) is 0. The van der Waals surface area contributed by atoms with Crippen LogP contribution in [0.3, 0.4) is 0 Å². The Labute approximate surface area is 110 Å². The van der Waals surface area contributed by atoms with Crippen LogP contribution in [0, 0.1) is 0 Å². The maximum atomic E-state index is 10.5. The van der Waals surface area contributed by atoms with E-state index in [9.17, 15) is 8.76 Å². The van der Waals surface area contributed by atoms with Gasteiger partial charge in [-0.25, -0.2) is 0 Å². The van der Waals surface area contributed by atoms with E-state index in [-0.39, 0.29) is 18.2 Å². The Morgan fingerprint density at radius 3 is 2.53 bits per heavy atom. The fourth-order valence-corrected chi connectivity index (χ4v) is 2.30. The van der Waals surface area contributed by atoms with Gasteiger partial charge in [0.25, 0.3) is 0 Å². The number of rotatable bonds is 3. The molecule has 0 radical (unpaired) electrons. The van der Waals surface area contributed by atoms with Crippen LogP contribution in [0.4, 0.5) is 0 Å². The molecule has 0 amide bonds. The van der Waals surface area contributed by atoms with Gasteiger partial charge < -0.3 is 9.87 Å². The van der Waals surface area contributed by atoms with E-state index < -0.39 is 11.1 Å². The quantitative estimate of drug-likeness (QED) is 0.855. The standard InChI is InChI=1S/C12H15NO2S.ClH/c14-16(15)9-10-1-3-11(4-2-10)12-5-7-13-8-6-12;/h1-5,13H,6-9H2,(H,14,15);1H/p-1. The fourth-order valence-electron chi connectivity index (χ4n) is 1.84. The van der Waals surface area contributed by atoms with Crippen LogP contribution in [0.15, 0.2) is 30.3 Å². The summed E-state index contributed by atoms with van der Waals surface area (Å²) >= 11 is -2.00. The van der Waals surface area contributed by atoms with Crippen LogP contribution in [-0.2, 0) is 16.8 Å². The Morgan fingerprint density at radius 1 is 1.29 bits per heavy atom. The van der Waals surface area contributed by atoms with Crippen molar-refractivity contribution in [2.75, 3.05) is 13.1 Å². The third kappa shape index (κ3) is 4.24. The first-order valence-electron chi connectivity index (χ1n) is 5.30. The van der Waals surface area contributed by atoms with Gasteiger partial charge in [0.05, 0.1) is 0 Å². The van der Waals surface area contributed by atoms with Gasteiger partial charge in [-0.2, -0.15) is 0 Å². The van der Waals surface area contributed by atoms with E-state index in [0.29, 0.717) is 0 Å². The van der Waals surface area contributed by atoms with E-state index in [1.165, 1.54) is 11.1 Å². The lowest BCUT2D eigenvalue weighted by molar-refractivity contribution is 0.536. The molecule has 1 heterocycles. The minimum absolute atomic E-state index is 0. The zero-order valence-electron chi connectivity index (χ0n) is 9.35. The summed E-state index contributed by atoms with van der Waals surface area (Å²) in [5.41, 5.74) is 3.38. The second-order valence-corrected chi connectivity index (χ2v) is 4.72. The van der Waals surface area contributed by atoms with Crippen LogP contribution in [-0.4, -0.2) is 21.9 Å². The third-order valence-corrected chi connectivity index (χ3v) is 3.24. The van der Waals surface area contributed by atoms with Crippen molar-refractivity contribution in [2.24, 2.45) is 0 Å². The highest BCUT2D eigenvalue weighted by molar-refractivity contribution is 7.78. The summed E-state index contributed by atoms with van der Waals surface area (Å²) in [6.45, 7) is 1.93. The lowest BCUT2D eigenvalue weighted by Crippen LogP contribution is -2.19. The van der Waals surface area contributed by atoms with Gasteiger partial charge in [-0.3, -0.25) is 4.21 Å². The fraction of sp³-hybridized carbons (Fsp3) is 0.333. The first-order chi connectivity index (χ1) is 7.75. The molecule has 1 aromatic rings. The molecule has 2 rings (SSSR count). The highest BCUT2D eigenvalue weighted by Crippen LogP contribution is 2.20. The average Bonchev–Trinajstić information content (AvgIpc) is 2.30. The molecule has 3 nitrogen and oxygen atoms in total. The normalized spacial score (nSPS) is 16.9. The Hall–Kier alpha value is -0.680. The molecule has 1 atom stereocenters. The van der Waals surface area contributed by atoms with Crippen molar-refractivity contribution >= 4 is 29.1 Å². The van der Waals surface area contributed by atoms with Crippen LogP contribution in [0.5, 0.6) is 0 Å². The maximum absolute atomic E-state index is 10.5. The molecule has 0 fully saturated rings. The van der Waals surface area contributed by atoms with Gasteiger partial charge in [-0.05, 0) is 29.7 Å². The van der Waals surface area contributed by atoms with Crippen molar-refractivity contribution < 1.29 is 8.76 Å². The molecule has 17 heavy (non-hydrogen) atoms. The predicted octanol–water partition coefficient (Wildman–Crippen LogP) is 1.86. The Kier molecular flexibility index (Phi) is 5.85. The molecular formula is C12H15ClNO2S-. The zero-order valence-corrected chi connectivity index (χ0v) is 11.0. The number of hydrogen-bond donors (Lipinski definition) is 1. The number of nitrogens with one attached hydrogen (secondary N) is 1. The van der Waals surface area contributed by atoms with E-state index in [1.54, 1.807) is 0 Å². The summed E-state index contributed by atoms with van der Waals surface area (Å²) in [6.07, 6.45) is 3.22. The number of hydrogen-bond acceptors (Lipinski definition) is 3. The van der Waals surface area contributed by atoms with Crippen molar-refractivity contribution in [1.82, 2.24) is 5.32 Å². The molecule has 0 aromatic heterocycles. The van der Waals surface area contributed by atoms with Crippen molar-refractivity contribution in [3.05, 3.63) is 41.5 Å². The highest BCUT2D eigenvalue weighted by Gasteiger charge is 2.05. The zero-order chi connectivity index (χ0) is 11.4. The van der Waals surface area contributed by atoms with Gasteiger partial charge in [0, 0.05) is 12.3 Å². The topological polar surface area (TPSA) is 52.2 Å². The molecule has 0 bridgehead atoms. The van der Waals surface area contributed by atoms with Gasteiger partial charge in [-0.1, -0.05) is 41.4 Å². The van der Waals surface area contributed by atoms with Crippen LogP contribution < -0.4 is 5.32 Å². The van der Waals surface area contributed by atoms with E-state index in [1.807, 2.05) is 24.3 Å². The Morgan fingerprint density at radius 2 is 2.00 bits per heavy atom. The van der Waals surface area contributed by atoms with E-state index in [4.69, 9.17) is 0 Å². The predicted molar refractivity (Wildman–Crippen MR) is 71.8 cm³/mol. The van der Waals surface area contributed by atoms with Crippen LogP contribution in [0.25, 0.3) is 5.57 Å². The second-order valence-electron chi connectivity index (χ2n) is 3.83. The Bertz CT molecular complexity index is 417. The molecule has 1 aliphatic rings. The summed E-state index contributed by atoms with van der Waals surface area (Å²) in [7, 11) is 0. The van der Waals surface area contributed by atoms with Crippen LogP contribution in [0.1, 0.15) is 17.5 Å².